The molecule has 0 aromatic heterocycles. The molecule has 1 nitrogen and oxygen atoms in total. The van der Waals surface area contributed by atoms with E-state index in [1.807, 2.05) is 13.8 Å². The van der Waals surface area contributed by atoms with Gasteiger partial charge in [-0.15, -0.1) is 0 Å². The van der Waals surface area contributed by atoms with Gasteiger partial charge in [-0.3, -0.25) is 4.79 Å². The molecule has 0 bridgehead atoms. The topological polar surface area (TPSA) is 17.1 Å². The second kappa shape index (κ2) is 4.41. The predicted molar refractivity (Wildman–Crippen MR) is 59.5 cm³/mol. The maximum Gasteiger partial charge on any atom is 0.139 e. The van der Waals surface area contributed by atoms with E-state index in [9.17, 15) is 4.79 Å². The average molecular weight is 190 g/mol. The van der Waals surface area contributed by atoms with Crippen LogP contribution in [-0.4, -0.2) is 5.78 Å². The lowest BCUT2D eigenvalue weighted by Crippen LogP contribution is -2.10. The summed E-state index contributed by atoms with van der Waals surface area (Å²) in [5, 5.41) is 0. The summed E-state index contributed by atoms with van der Waals surface area (Å²) in [4.78, 5) is 11.5. The molecule has 1 aromatic rings. The molecule has 0 fully saturated rings. The maximum atomic E-state index is 11.5. The van der Waals surface area contributed by atoms with Crippen LogP contribution in [0.5, 0.6) is 0 Å². The van der Waals surface area contributed by atoms with E-state index in [0.29, 0.717) is 12.2 Å². The normalized spacial score (nSPS) is 10.6. The van der Waals surface area contributed by atoms with Gasteiger partial charge in [0, 0.05) is 12.3 Å². The summed E-state index contributed by atoms with van der Waals surface area (Å²) in [5.74, 6) is 0.450. The molecule has 14 heavy (non-hydrogen) atoms. The Morgan fingerprint density at radius 2 is 1.64 bits per heavy atom. The minimum absolute atomic E-state index is 0.135. The first kappa shape index (κ1) is 11.0. The molecular weight excluding hydrogens is 172 g/mol. The van der Waals surface area contributed by atoms with Gasteiger partial charge < -0.3 is 0 Å². The highest BCUT2D eigenvalue weighted by Crippen LogP contribution is 2.11. The van der Waals surface area contributed by atoms with Crippen molar-refractivity contribution >= 4 is 5.78 Å². The van der Waals surface area contributed by atoms with Crippen molar-refractivity contribution in [1.29, 1.82) is 0 Å². The SMILES string of the molecule is Cc1cc(C)cc(CC(=O)C(C)C)c1. The van der Waals surface area contributed by atoms with Crippen LogP contribution in [0.15, 0.2) is 18.2 Å². The highest BCUT2D eigenvalue weighted by molar-refractivity contribution is 5.82. The highest BCUT2D eigenvalue weighted by atomic mass is 16.1. The average Bonchev–Trinajstić information content (AvgIpc) is 2.01. The van der Waals surface area contributed by atoms with Crippen molar-refractivity contribution in [2.45, 2.75) is 34.1 Å². The molecule has 0 radical (unpaired) electrons. The Bertz CT molecular complexity index is 317. The van der Waals surface area contributed by atoms with Crippen LogP contribution in [0.1, 0.15) is 30.5 Å². The largest absolute Gasteiger partial charge is 0.299 e. The number of hydrogen-bond acceptors (Lipinski definition) is 1. The highest BCUT2D eigenvalue weighted by Gasteiger charge is 2.08. The summed E-state index contributed by atoms with van der Waals surface area (Å²) in [5.41, 5.74) is 3.61. The second-order valence-electron chi connectivity index (χ2n) is 4.29. The van der Waals surface area contributed by atoms with Crippen LogP contribution in [0.3, 0.4) is 0 Å². The molecule has 0 saturated carbocycles. The standard InChI is InChI=1S/C13H18O/c1-9(2)13(14)8-12-6-10(3)5-11(4)7-12/h5-7,9H,8H2,1-4H3. The molecule has 1 rings (SSSR count). The Morgan fingerprint density at radius 3 is 2.07 bits per heavy atom. The molecule has 0 heterocycles. The van der Waals surface area contributed by atoms with Gasteiger partial charge in [0.05, 0.1) is 0 Å². The number of benzene rings is 1. The summed E-state index contributed by atoms with van der Waals surface area (Å²) in [7, 11) is 0. The third kappa shape index (κ3) is 2.99. The van der Waals surface area contributed by atoms with Gasteiger partial charge in [0.25, 0.3) is 0 Å². The van der Waals surface area contributed by atoms with Crippen molar-refractivity contribution in [2.75, 3.05) is 0 Å². The molecule has 0 aliphatic heterocycles. The number of hydrogen-bond donors (Lipinski definition) is 0. The Labute approximate surface area is 86.1 Å². The van der Waals surface area contributed by atoms with Gasteiger partial charge in [-0.2, -0.15) is 0 Å². The van der Waals surface area contributed by atoms with Gasteiger partial charge in [-0.1, -0.05) is 43.2 Å². The molecular formula is C13H18O. The van der Waals surface area contributed by atoms with Gasteiger partial charge in [0.2, 0.25) is 0 Å². The first-order valence-electron chi connectivity index (χ1n) is 5.09. The van der Waals surface area contributed by atoms with E-state index < -0.39 is 0 Å². The van der Waals surface area contributed by atoms with E-state index in [-0.39, 0.29) is 5.92 Å². The van der Waals surface area contributed by atoms with E-state index in [1.54, 1.807) is 0 Å². The van der Waals surface area contributed by atoms with Crippen LogP contribution < -0.4 is 0 Å². The molecule has 0 unspecified atom stereocenters. The fourth-order valence-electron chi connectivity index (χ4n) is 1.58. The molecule has 0 amide bonds. The first-order chi connectivity index (χ1) is 6.49. The van der Waals surface area contributed by atoms with Crippen molar-refractivity contribution < 1.29 is 4.79 Å². The zero-order chi connectivity index (χ0) is 10.7. The van der Waals surface area contributed by atoms with Gasteiger partial charge in [0.15, 0.2) is 0 Å². The smallest absolute Gasteiger partial charge is 0.139 e. The van der Waals surface area contributed by atoms with Gasteiger partial charge >= 0.3 is 0 Å². The second-order valence-corrected chi connectivity index (χ2v) is 4.29. The Kier molecular flexibility index (Phi) is 3.45. The summed E-state index contributed by atoms with van der Waals surface area (Å²) < 4.78 is 0. The van der Waals surface area contributed by atoms with E-state index in [1.165, 1.54) is 11.1 Å². The molecule has 0 spiro atoms. The quantitative estimate of drug-likeness (QED) is 0.716. The van der Waals surface area contributed by atoms with Crippen molar-refractivity contribution in [3.05, 3.63) is 34.9 Å². The van der Waals surface area contributed by atoms with Crippen LogP contribution in [-0.2, 0) is 11.2 Å². The fourth-order valence-corrected chi connectivity index (χ4v) is 1.58. The van der Waals surface area contributed by atoms with Crippen LogP contribution in [0.2, 0.25) is 0 Å². The van der Waals surface area contributed by atoms with Crippen molar-refractivity contribution in [3.8, 4) is 0 Å². The van der Waals surface area contributed by atoms with E-state index in [4.69, 9.17) is 0 Å². The van der Waals surface area contributed by atoms with Gasteiger partial charge in [-0.05, 0) is 19.4 Å². The zero-order valence-corrected chi connectivity index (χ0v) is 9.42. The van der Waals surface area contributed by atoms with Crippen LogP contribution in [0.4, 0.5) is 0 Å². The van der Waals surface area contributed by atoms with Crippen molar-refractivity contribution in [1.82, 2.24) is 0 Å². The van der Waals surface area contributed by atoms with E-state index in [2.05, 4.69) is 32.0 Å². The number of Topliss-reactive ketones (excluding diaryl/α,β-unsaturated/α-hetero) is 1. The van der Waals surface area contributed by atoms with E-state index >= 15 is 0 Å². The number of rotatable bonds is 3. The Balaban J connectivity index is 2.82. The lowest BCUT2D eigenvalue weighted by molar-refractivity contribution is -0.121. The van der Waals surface area contributed by atoms with Crippen molar-refractivity contribution in [3.63, 3.8) is 0 Å². The van der Waals surface area contributed by atoms with Gasteiger partial charge in [-0.25, -0.2) is 0 Å². The lowest BCUT2D eigenvalue weighted by atomic mass is 9.98. The zero-order valence-electron chi connectivity index (χ0n) is 9.42. The predicted octanol–water partition coefficient (Wildman–Crippen LogP) is 3.07. The number of carbonyl (C=O) groups excluding carboxylic acids is 1. The molecule has 1 heteroatoms. The maximum absolute atomic E-state index is 11.5. The first-order valence-corrected chi connectivity index (χ1v) is 5.09. The minimum atomic E-state index is 0.135. The monoisotopic (exact) mass is 190 g/mol. The molecule has 0 N–H and O–H groups in total. The van der Waals surface area contributed by atoms with Crippen LogP contribution in [0, 0.1) is 19.8 Å². The number of aryl methyl sites for hydroxylation is 2. The molecule has 0 aliphatic carbocycles. The molecule has 0 aliphatic rings. The summed E-state index contributed by atoms with van der Waals surface area (Å²) >= 11 is 0. The third-order valence-corrected chi connectivity index (χ3v) is 2.30. The number of carbonyl (C=O) groups is 1. The Hall–Kier alpha value is -1.11. The molecule has 76 valence electrons. The lowest BCUT2D eigenvalue weighted by Gasteiger charge is -2.06. The fraction of sp³-hybridized carbons (Fsp3) is 0.462. The van der Waals surface area contributed by atoms with Crippen molar-refractivity contribution in [2.24, 2.45) is 5.92 Å². The third-order valence-electron chi connectivity index (χ3n) is 2.30. The molecule has 0 saturated heterocycles. The summed E-state index contributed by atoms with van der Waals surface area (Å²) in [6.45, 7) is 8.03. The van der Waals surface area contributed by atoms with E-state index in [0.717, 1.165) is 5.56 Å². The molecule has 1 aromatic carbocycles. The Morgan fingerprint density at radius 1 is 1.14 bits per heavy atom. The summed E-state index contributed by atoms with van der Waals surface area (Å²) in [6, 6.07) is 6.31. The minimum Gasteiger partial charge on any atom is -0.299 e. The van der Waals surface area contributed by atoms with Crippen LogP contribution in [0.25, 0.3) is 0 Å². The van der Waals surface area contributed by atoms with Crippen LogP contribution >= 0.6 is 0 Å². The molecule has 0 atom stereocenters. The summed E-state index contributed by atoms with van der Waals surface area (Å²) in [6.07, 6.45) is 0.570. The number of ketones is 1. The van der Waals surface area contributed by atoms with Gasteiger partial charge in [0.1, 0.15) is 5.78 Å².